The van der Waals surface area contributed by atoms with Crippen molar-refractivity contribution in [3.05, 3.63) is 83.2 Å². The molecule has 5 heteroatoms. The second-order valence-electron chi connectivity index (χ2n) is 6.02. The SMILES string of the molecule is Cc1cc(C(=O)NCCc2ccccn2)c(C)n1Cc1ccccn1. The lowest BCUT2D eigenvalue weighted by atomic mass is 10.2. The molecule has 0 radical (unpaired) electrons. The topological polar surface area (TPSA) is 59.8 Å². The molecule has 0 saturated heterocycles. The molecule has 5 nitrogen and oxygen atoms in total. The van der Waals surface area contributed by atoms with Crippen molar-refractivity contribution in [1.82, 2.24) is 19.9 Å². The Morgan fingerprint density at radius 1 is 1.04 bits per heavy atom. The first kappa shape index (κ1) is 16.9. The van der Waals surface area contributed by atoms with Crippen LogP contribution in [-0.2, 0) is 13.0 Å². The van der Waals surface area contributed by atoms with Gasteiger partial charge in [0.05, 0.1) is 17.8 Å². The Kier molecular flexibility index (Phi) is 5.23. The summed E-state index contributed by atoms with van der Waals surface area (Å²) in [7, 11) is 0. The lowest BCUT2D eigenvalue weighted by Crippen LogP contribution is -2.26. The van der Waals surface area contributed by atoms with Gasteiger partial charge in [-0.25, -0.2) is 0 Å². The van der Waals surface area contributed by atoms with Crippen molar-refractivity contribution in [3.8, 4) is 0 Å². The van der Waals surface area contributed by atoms with Crippen LogP contribution in [-0.4, -0.2) is 27.0 Å². The molecule has 1 amide bonds. The molecule has 3 aromatic heterocycles. The van der Waals surface area contributed by atoms with Crippen molar-refractivity contribution in [1.29, 1.82) is 0 Å². The first-order valence-corrected chi connectivity index (χ1v) is 8.40. The smallest absolute Gasteiger partial charge is 0.253 e. The zero-order valence-electron chi connectivity index (χ0n) is 14.6. The maximum Gasteiger partial charge on any atom is 0.253 e. The minimum Gasteiger partial charge on any atom is -0.352 e. The molecule has 3 rings (SSSR count). The number of hydrogen-bond acceptors (Lipinski definition) is 3. The fourth-order valence-corrected chi connectivity index (χ4v) is 2.87. The monoisotopic (exact) mass is 334 g/mol. The number of carbonyl (C=O) groups excluding carboxylic acids is 1. The summed E-state index contributed by atoms with van der Waals surface area (Å²) in [6, 6.07) is 13.6. The molecule has 0 aliphatic heterocycles. The second kappa shape index (κ2) is 7.75. The lowest BCUT2D eigenvalue weighted by molar-refractivity contribution is 0.0953. The van der Waals surface area contributed by atoms with Crippen LogP contribution < -0.4 is 5.32 Å². The largest absolute Gasteiger partial charge is 0.352 e. The van der Waals surface area contributed by atoms with E-state index < -0.39 is 0 Å². The van der Waals surface area contributed by atoms with E-state index in [2.05, 4.69) is 19.9 Å². The zero-order chi connectivity index (χ0) is 17.6. The Morgan fingerprint density at radius 3 is 2.36 bits per heavy atom. The summed E-state index contributed by atoms with van der Waals surface area (Å²) in [6.45, 7) is 5.23. The second-order valence-corrected chi connectivity index (χ2v) is 6.02. The van der Waals surface area contributed by atoms with Crippen LogP contribution in [0.1, 0.15) is 33.1 Å². The van der Waals surface area contributed by atoms with E-state index in [0.29, 0.717) is 13.1 Å². The van der Waals surface area contributed by atoms with E-state index in [1.54, 1.807) is 12.4 Å². The number of pyridine rings is 2. The van der Waals surface area contributed by atoms with Gasteiger partial charge in [-0.15, -0.1) is 0 Å². The van der Waals surface area contributed by atoms with Crippen molar-refractivity contribution < 1.29 is 4.79 Å². The molecule has 3 aromatic rings. The molecule has 0 spiro atoms. The number of hydrogen-bond donors (Lipinski definition) is 1. The van der Waals surface area contributed by atoms with E-state index in [1.807, 2.05) is 56.3 Å². The predicted octanol–water partition coefficient (Wildman–Crippen LogP) is 2.92. The number of amides is 1. The molecule has 0 saturated carbocycles. The summed E-state index contributed by atoms with van der Waals surface area (Å²) in [5.74, 6) is -0.0451. The number of carbonyl (C=O) groups is 1. The van der Waals surface area contributed by atoms with Gasteiger partial charge in [0.2, 0.25) is 0 Å². The van der Waals surface area contributed by atoms with Crippen LogP contribution in [0.5, 0.6) is 0 Å². The molecule has 0 aliphatic carbocycles. The quantitative estimate of drug-likeness (QED) is 0.754. The van der Waals surface area contributed by atoms with E-state index in [-0.39, 0.29) is 5.91 Å². The molecule has 0 fully saturated rings. The minimum atomic E-state index is -0.0451. The molecular formula is C20H22N4O. The van der Waals surface area contributed by atoms with Crippen molar-refractivity contribution >= 4 is 5.91 Å². The highest BCUT2D eigenvalue weighted by atomic mass is 16.1. The Labute approximate surface area is 147 Å². The average Bonchev–Trinajstić information content (AvgIpc) is 2.92. The van der Waals surface area contributed by atoms with E-state index in [0.717, 1.165) is 34.8 Å². The van der Waals surface area contributed by atoms with E-state index in [4.69, 9.17) is 0 Å². The van der Waals surface area contributed by atoms with Gasteiger partial charge in [0, 0.05) is 42.4 Å². The van der Waals surface area contributed by atoms with Gasteiger partial charge in [0.15, 0.2) is 0 Å². The highest BCUT2D eigenvalue weighted by Gasteiger charge is 2.15. The number of aromatic nitrogens is 3. The Bertz CT molecular complexity index is 841. The average molecular weight is 334 g/mol. The van der Waals surface area contributed by atoms with Crippen LogP contribution in [0.25, 0.3) is 0 Å². The molecule has 0 aromatic carbocycles. The maximum atomic E-state index is 12.5. The van der Waals surface area contributed by atoms with Gasteiger partial charge in [-0.2, -0.15) is 0 Å². The third-order valence-electron chi connectivity index (χ3n) is 4.26. The van der Waals surface area contributed by atoms with Crippen LogP contribution in [0, 0.1) is 13.8 Å². The summed E-state index contributed by atoms with van der Waals surface area (Å²) in [5, 5.41) is 2.98. The van der Waals surface area contributed by atoms with Crippen molar-refractivity contribution in [3.63, 3.8) is 0 Å². The van der Waals surface area contributed by atoms with Gasteiger partial charge in [0.1, 0.15) is 0 Å². The highest BCUT2D eigenvalue weighted by molar-refractivity contribution is 5.95. The highest BCUT2D eigenvalue weighted by Crippen LogP contribution is 2.16. The first-order chi connectivity index (χ1) is 12.1. The number of nitrogens with one attached hydrogen (secondary N) is 1. The van der Waals surface area contributed by atoms with Gasteiger partial charge in [-0.1, -0.05) is 12.1 Å². The fraction of sp³-hybridized carbons (Fsp3) is 0.250. The summed E-state index contributed by atoms with van der Waals surface area (Å²) >= 11 is 0. The third kappa shape index (κ3) is 4.12. The summed E-state index contributed by atoms with van der Waals surface area (Å²) in [4.78, 5) is 21.1. The summed E-state index contributed by atoms with van der Waals surface area (Å²) in [6.07, 6.45) is 4.27. The molecule has 3 heterocycles. The van der Waals surface area contributed by atoms with Crippen LogP contribution in [0.2, 0.25) is 0 Å². The lowest BCUT2D eigenvalue weighted by Gasteiger charge is -2.09. The van der Waals surface area contributed by atoms with Crippen molar-refractivity contribution in [2.75, 3.05) is 6.54 Å². The van der Waals surface area contributed by atoms with Gasteiger partial charge in [-0.3, -0.25) is 14.8 Å². The molecule has 1 N–H and O–H groups in total. The molecule has 0 bridgehead atoms. The van der Waals surface area contributed by atoms with Gasteiger partial charge < -0.3 is 9.88 Å². The third-order valence-corrected chi connectivity index (χ3v) is 4.26. The van der Waals surface area contributed by atoms with Gasteiger partial charge >= 0.3 is 0 Å². The van der Waals surface area contributed by atoms with E-state index in [9.17, 15) is 4.79 Å². The maximum absolute atomic E-state index is 12.5. The summed E-state index contributed by atoms with van der Waals surface area (Å²) in [5.41, 5.74) is 4.68. The molecular weight excluding hydrogens is 312 g/mol. The Hall–Kier alpha value is -2.95. The Balaban J connectivity index is 1.66. The molecule has 25 heavy (non-hydrogen) atoms. The fourth-order valence-electron chi connectivity index (χ4n) is 2.87. The van der Waals surface area contributed by atoms with E-state index in [1.165, 1.54) is 0 Å². The van der Waals surface area contributed by atoms with Crippen molar-refractivity contribution in [2.45, 2.75) is 26.8 Å². The van der Waals surface area contributed by atoms with Crippen LogP contribution >= 0.6 is 0 Å². The molecule has 0 atom stereocenters. The first-order valence-electron chi connectivity index (χ1n) is 8.40. The number of aryl methyl sites for hydroxylation is 1. The predicted molar refractivity (Wildman–Crippen MR) is 97.5 cm³/mol. The summed E-state index contributed by atoms with van der Waals surface area (Å²) < 4.78 is 2.12. The zero-order valence-corrected chi connectivity index (χ0v) is 14.6. The molecule has 128 valence electrons. The van der Waals surface area contributed by atoms with E-state index >= 15 is 0 Å². The molecule has 0 aliphatic rings. The van der Waals surface area contributed by atoms with Gasteiger partial charge in [-0.05, 0) is 44.2 Å². The van der Waals surface area contributed by atoms with Crippen LogP contribution in [0.15, 0.2) is 54.9 Å². The number of nitrogens with zero attached hydrogens (tertiary/aromatic N) is 3. The van der Waals surface area contributed by atoms with Crippen molar-refractivity contribution in [2.24, 2.45) is 0 Å². The standard InChI is InChI=1S/C20H22N4O/c1-15-13-19(16(2)24(15)14-18-8-4-6-11-22-18)20(25)23-12-9-17-7-3-5-10-21-17/h3-8,10-11,13H,9,12,14H2,1-2H3,(H,23,25). The normalized spacial score (nSPS) is 10.6. The Morgan fingerprint density at radius 2 is 1.72 bits per heavy atom. The number of rotatable bonds is 6. The minimum absolute atomic E-state index is 0.0451. The van der Waals surface area contributed by atoms with Gasteiger partial charge in [0.25, 0.3) is 5.91 Å². The van der Waals surface area contributed by atoms with Crippen LogP contribution in [0.3, 0.4) is 0 Å². The molecule has 0 unspecified atom stereocenters. The van der Waals surface area contributed by atoms with Crippen LogP contribution in [0.4, 0.5) is 0 Å².